The Morgan fingerprint density at radius 3 is 0.590 bits per heavy atom. The molecule has 0 amide bonds. The molecule has 4 aromatic carbocycles. The molecule has 4 aromatic rings. The smallest absolute Gasteiger partial charge is 0.217 e. The number of alkyl halides is 4. The molecule has 0 bridgehead atoms. The average molecular weight is 903 g/mol. The van der Waals surface area contributed by atoms with Gasteiger partial charge in [-0.2, -0.15) is 0 Å². The van der Waals surface area contributed by atoms with E-state index in [9.17, 15) is 17.6 Å². The molecule has 0 aromatic heterocycles. The van der Waals surface area contributed by atoms with Gasteiger partial charge in [0.25, 0.3) is 0 Å². The van der Waals surface area contributed by atoms with Crippen LogP contribution in [0.2, 0.25) is 0 Å². The standard InChI is InChI=1S/C36H4BF24/c38-9-1-5-13(21(46)17(9)42)25(50)29(54)33(5,58)37(34(59)6-2-10(39)18(43)22(47)14(6)26(51)30(34)55,35(60)7-3-11(40)19(44)23(48)15(7)27(52)31(35)56)36(61)8-4-12(41)20(45)24(49)16(8)28(53)32(36)57/h1-4H/q-1. The minimum absolute atomic E-state index is 1.23. The molecule has 4 aliphatic carbocycles. The van der Waals surface area contributed by atoms with Crippen LogP contribution in [0.1, 0.15) is 44.5 Å². The Kier molecular flexibility index (Phi) is 8.39. The highest BCUT2D eigenvalue weighted by atomic mass is 19.2. The topological polar surface area (TPSA) is 0 Å². The van der Waals surface area contributed by atoms with Crippen LogP contribution >= 0.6 is 0 Å². The molecule has 0 saturated heterocycles. The lowest BCUT2D eigenvalue weighted by atomic mass is 8.98. The first kappa shape index (κ1) is 41.9. The molecule has 0 aliphatic heterocycles. The van der Waals surface area contributed by atoms with Crippen molar-refractivity contribution in [2.45, 2.75) is 22.3 Å². The van der Waals surface area contributed by atoms with Crippen LogP contribution in [0.25, 0.3) is 23.3 Å². The molecule has 4 atom stereocenters. The van der Waals surface area contributed by atoms with Crippen LogP contribution in [0, 0.1) is 69.8 Å². The molecule has 0 saturated carbocycles. The number of benzene rings is 4. The largest absolute Gasteiger partial charge is 0.274 e. The first-order valence-corrected chi connectivity index (χ1v) is 16.0. The number of hydrogen-bond donors (Lipinski definition) is 0. The summed E-state index contributed by atoms with van der Waals surface area (Å²) < 4.78 is 388. The van der Waals surface area contributed by atoms with Crippen molar-refractivity contribution in [1.82, 2.24) is 0 Å². The van der Waals surface area contributed by atoms with Crippen molar-refractivity contribution < 1.29 is 105 Å². The zero-order valence-electron chi connectivity index (χ0n) is 28.0. The van der Waals surface area contributed by atoms with Crippen molar-refractivity contribution in [2.24, 2.45) is 0 Å². The molecule has 0 spiro atoms. The van der Waals surface area contributed by atoms with Crippen molar-refractivity contribution in [1.29, 1.82) is 0 Å². The number of allylic oxidation sites excluding steroid dienone is 4. The molecule has 0 fully saturated rings. The van der Waals surface area contributed by atoms with Gasteiger partial charge in [-0.3, -0.25) is 17.6 Å². The van der Waals surface area contributed by atoms with Crippen LogP contribution in [-0.2, 0) is 22.3 Å². The van der Waals surface area contributed by atoms with Crippen LogP contribution in [0.15, 0.2) is 47.6 Å². The third-order valence-corrected chi connectivity index (χ3v) is 11.5. The van der Waals surface area contributed by atoms with Crippen LogP contribution < -0.4 is 0 Å². The molecule has 8 rings (SSSR count). The highest BCUT2D eigenvalue weighted by Crippen LogP contribution is 2.79. The van der Waals surface area contributed by atoms with Gasteiger partial charge in [-0.15, -0.1) is 0 Å². The lowest BCUT2D eigenvalue weighted by molar-refractivity contribution is 0.105. The third kappa shape index (κ3) is 4.09. The molecule has 320 valence electrons. The van der Waals surface area contributed by atoms with Crippen molar-refractivity contribution in [2.75, 3.05) is 0 Å². The summed E-state index contributed by atoms with van der Waals surface area (Å²) in [5, 5.41) is 0. The SMILES string of the molecule is FC1=C(F)C(F)([B-](C2(F)C(F)=C(F)c3c2cc(F)c(F)c3F)(C2(F)C(F)=C(F)c3c2cc(F)c(F)c3F)C2(F)C(F)=C(F)c3c2cc(F)c(F)c3F)c2cc(F)c(F)c(F)c21. The minimum atomic E-state index is -8.82. The maximum Gasteiger partial charge on any atom is 0.217 e. The summed E-state index contributed by atoms with van der Waals surface area (Å²) in [5.74, 6) is -69.4. The summed E-state index contributed by atoms with van der Waals surface area (Å²) in [4.78, 5) is 0. The van der Waals surface area contributed by atoms with E-state index >= 15 is 87.8 Å². The molecule has 0 N–H and O–H groups in total. The molecule has 0 radical (unpaired) electrons. The second-order valence-electron chi connectivity index (χ2n) is 13.9. The van der Waals surface area contributed by atoms with Crippen LogP contribution in [0.5, 0.6) is 0 Å². The number of rotatable bonds is 4. The Labute approximate surface area is 319 Å². The molecule has 25 heteroatoms. The van der Waals surface area contributed by atoms with Gasteiger partial charge in [-0.25, -0.2) is 87.8 Å². The number of fused-ring (bicyclic) bond motifs is 4. The molecule has 0 heterocycles. The summed E-state index contributed by atoms with van der Waals surface area (Å²) >= 11 is 0. The van der Waals surface area contributed by atoms with Crippen LogP contribution in [0.4, 0.5) is 105 Å². The van der Waals surface area contributed by atoms with Crippen molar-refractivity contribution in [3.63, 3.8) is 0 Å². The van der Waals surface area contributed by atoms with Gasteiger partial charge in [0.15, 0.2) is 93.1 Å². The predicted octanol–water partition coefficient (Wildman–Crippen LogP) is 13.2. The highest BCUT2D eigenvalue weighted by Gasteiger charge is 2.89. The van der Waals surface area contributed by atoms with Gasteiger partial charge in [-0.05, 0) is 46.5 Å². The summed E-state index contributed by atoms with van der Waals surface area (Å²) in [5.41, 5.74) is -52.6. The van der Waals surface area contributed by atoms with Crippen molar-refractivity contribution >= 4 is 29.5 Å². The van der Waals surface area contributed by atoms with E-state index in [1.54, 1.807) is 0 Å². The van der Waals surface area contributed by atoms with E-state index in [1.165, 1.54) is 0 Å². The van der Waals surface area contributed by atoms with Crippen molar-refractivity contribution in [3.05, 3.63) is 162 Å². The molecule has 4 aliphatic rings. The van der Waals surface area contributed by atoms with Crippen molar-refractivity contribution in [3.8, 4) is 0 Å². The monoisotopic (exact) mass is 903 g/mol. The molecule has 0 nitrogen and oxygen atoms in total. The fraction of sp³-hybridized carbons (Fsp3) is 0.111. The first-order chi connectivity index (χ1) is 28.1. The van der Waals surface area contributed by atoms with Gasteiger partial charge in [0, 0.05) is 0 Å². The second kappa shape index (κ2) is 12.2. The van der Waals surface area contributed by atoms with E-state index in [0.717, 1.165) is 0 Å². The summed E-state index contributed by atoms with van der Waals surface area (Å²) in [6, 6.07) is -4.92. The Balaban J connectivity index is 1.81. The number of hydrogen-bond acceptors (Lipinski definition) is 0. The summed E-state index contributed by atoms with van der Waals surface area (Å²) in [6.45, 7) is 0. The molecule has 4 unspecified atom stereocenters. The lowest BCUT2D eigenvalue weighted by Crippen LogP contribution is -2.83. The zero-order valence-corrected chi connectivity index (χ0v) is 28.0. The number of halogens is 24. The zero-order chi connectivity index (χ0) is 45.5. The Morgan fingerprint density at radius 2 is 0.426 bits per heavy atom. The second-order valence-corrected chi connectivity index (χ2v) is 13.9. The maximum absolute atomic E-state index is 19.1. The Bertz CT molecular complexity index is 2550. The van der Waals surface area contributed by atoms with Crippen LogP contribution in [0.3, 0.4) is 0 Å². The van der Waals surface area contributed by atoms with E-state index in [4.69, 9.17) is 0 Å². The van der Waals surface area contributed by atoms with E-state index in [1.807, 2.05) is 0 Å². The van der Waals surface area contributed by atoms with Gasteiger partial charge in [0.05, 0.1) is 44.5 Å². The molecular weight excluding hydrogens is 899 g/mol. The minimum Gasteiger partial charge on any atom is -0.274 e. The third-order valence-electron chi connectivity index (χ3n) is 11.5. The highest BCUT2D eigenvalue weighted by molar-refractivity contribution is 6.91. The first-order valence-electron chi connectivity index (χ1n) is 16.0. The maximum atomic E-state index is 19.1. The van der Waals surface area contributed by atoms with E-state index < -0.39 is 214 Å². The van der Waals surface area contributed by atoms with Gasteiger partial charge >= 0.3 is 0 Å². The summed E-state index contributed by atoms with van der Waals surface area (Å²) in [7, 11) is 0. The van der Waals surface area contributed by atoms with E-state index in [2.05, 4.69) is 0 Å². The van der Waals surface area contributed by atoms with Gasteiger partial charge in [0.1, 0.15) is 23.3 Å². The van der Waals surface area contributed by atoms with Gasteiger partial charge in [-0.1, -0.05) is 0 Å². The molecular formula is C36H4BF24-. The quantitative estimate of drug-likeness (QED) is 0.109. The fourth-order valence-electron chi connectivity index (χ4n) is 9.27. The van der Waals surface area contributed by atoms with Gasteiger partial charge in [0.2, 0.25) is 6.15 Å². The normalized spacial score (nSPS) is 26.5. The average Bonchev–Trinajstić information content (AvgIpc) is 3.69. The predicted molar refractivity (Wildman–Crippen MR) is 159 cm³/mol. The van der Waals surface area contributed by atoms with Gasteiger partial charge < -0.3 is 0 Å². The van der Waals surface area contributed by atoms with E-state index in [-0.39, 0.29) is 0 Å². The fourth-order valence-corrected chi connectivity index (χ4v) is 9.27. The van der Waals surface area contributed by atoms with E-state index in [0.29, 0.717) is 0 Å². The van der Waals surface area contributed by atoms with Crippen LogP contribution in [-0.4, -0.2) is 6.15 Å². The summed E-state index contributed by atoms with van der Waals surface area (Å²) in [6.07, 6.45) is -8.82. The Morgan fingerprint density at radius 1 is 0.262 bits per heavy atom. The Hall–Kier alpha value is -5.78. The molecule has 61 heavy (non-hydrogen) atoms. The lowest BCUT2D eigenvalue weighted by Gasteiger charge is -2.65.